The molecule has 0 atom stereocenters. The normalized spacial score (nSPS) is 18.1. The number of rotatable bonds is 2. The summed E-state index contributed by atoms with van der Waals surface area (Å²) in [4.78, 5) is 12.3. The Morgan fingerprint density at radius 3 is 2.63 bits per heavy atom. The molecule has 1 aliphatic heterocycles. The van der Waals surface area contributed by atoms with Gasteiger partial charge in [0.2, 0.25) is 5.91 Å². The van der Waals surface area contributed by atoms with E-state index < -0.39 is 11.2 Å². The van der Waals surface area contributed by atoms with Crippen LogP contribution < -0.4 is 10.6 Å². The van der Waals surface area contributed by atoms with Crippen LogP contribution in [-0.2, 0) is 4.79 Å². The Labute approximate surface area is 121 Å². The molecule has 1 aliphatic rings. The Morgan fingerprint density at radius 1 is 1.37 bits per heavy atom. The van der Waals surface area contributed by atoms with Gasteiger partial charge >= 0.3 is 0 Å². The van der Waals surface area contributed by atoms with Crippen LogP contribution in [0.2, 0.25) is 10.0 Å². The summed E-state index contributed by atoms with van der Waals surface area (Å²) in [5.74, 6) is -0.883. The van der Waals surface area contributed by atoms with Gasteiger partial charge in [0.15, 0.2) is 5.82 Å². The summed E-state index contributed by atoms with van der Waals surface area (Å²) in [6, 6.07) is 2.89. The van der Waals surface area contributed by atoms with E-state index in [0.717, 1.165) is 25.9 Å². The van der Waals surface area contributed by atoms with Crippen molar-refractivity contribution in [1.29, 1.82) is 0 Å². The first kappa shape index (κ1) is 14.6. The molecule has 6 heteroatoms. The molecule has 2 rings (SSSR count). The third kappa shape index (κ3) is 3.02. The Kier molecular flexibility index (Phi) is 4.33. The van der Waals surface area contributed by atoms with E-state index in [-0.39, 0.29) is 21.6 Å². The van der Waals surface area contributed by atoms with Gasteiger partial charge in [-0.1, -0.05) is 30.1 Å². The van der Waals surface area contributed by atoms with Gasteiger partial charge in [-0.15, -0.1) is 0 Å². The summed E-state index contributed by atoms with van der Waals surface area (Å²) in [6.07, 6.45) is 1.45. The van der Waals surface area contributed by atoms with Gasteiger partial charge in [0.05, 0.1) is 15.7 Å². The molecule has 0 saturated carbocycles. The molecule has 1 aromatic carbocycles. The maximum absolute atomic E-state index is 13.9. The van der Waals surface area contributed by atoms with E-state index in [1.54, 1.807) is 0 Å². The van der Waals surface area contributed by atoms with E-state index in [4.69, 9.17) is 23.2 Å². The highest BCUT2D eigenvalue weighted by Crippen LogP contribution is 2.33. The van der Waals surface area contributed by atoms with E-state index in [1.165, 1.54) is 12.1 Å². The number of halogens is 3. The highest BCUT2D eigenvalue weighted by Gasteiger charge is 2.35. The van der Waals surface area contributed by atoms with Gasteiger partial charge in [0, 0.05) is 5.41 Å². The lowest BCUT2D eigenvalue weighted by Crippen LogP contribution is -2.42. The fourth-order valence-electron chi connectivity index (χ4n) is 2.10. The molecular formula is C13H15Cl2FN2O. The third-order valence-electron chi connectivity index (χ3n) is 3.54. The minimum atomic E-state index is -0.694. The fraction of sp³-hybridized carbons (Fsp3) is 0.462. The fourth-order valence-corrected chi connectivity index (χ4v) is 2.41. The average Bonchev–Trinajstić information content (AvgIpc) is 2.40. The second-order valence-corrected chi connectivity index (χ2v) is 5.77. The maximum atomic E-state index is 13.9. The van der Waals surface area contributed by atoms with Crippen molar-refractivity contribution in [2.45, 2.75) is 19.8 Å². The summed E-state index contributed by atoms with van der Waals surface area (Å²) in [7, 11) is 0. The zero-order chi connectivity index (χ0) is 14.0. The monoisotopic (exact) mass is 304 g/mol. The third-order valence-corrected chi connectivity index (χ3v) is 4.32. The lowest BCUT2D eigenvalue weighted by atomic mass is 9.80. The average molecular weight is 305 g/mol. The van der Waals surface area contributed by atoms with Crippen molar-refractivity contribution in [2.75, 3.05) is 18.4 Å². The SMILES string of the molecule is CC1(C(=O)Nc2ccc(Cl)c(Cl)c2F)CCNCC1. The Bertz CT molecular complexity index is 502. The van der Waals surface area contributed by atoms with Crippen molar-refractivity contribution in [2.24, 2.45) is 5.41 Å². The number of nitrogens with one attached hydrogen (secondary N) is 2. The lowest BCUT2D eigenvalue weighted by molar-refractivity contribution is -0.126. The molecule has 2 N–H and O–H groups in total. The molecule has 0 bridgehead atoms. The number of hydrogen-bond donors (Lipinski definition) is 2. The smallest absolute Gasteiger partial charge is 0.230 e. The number of carbonyl (C=O) groups is 1. The molecule has 0 spiro atoms. The summed E-state index contributed by atoms with van der Waals surface area (Å²) in [6.45, 7) is 3.46. The number of benzene rings is 1. The summed E-state index contributed by atoms with van der Waals surface area (Å²) in [5, 5.41) is 5.76. The van der Waals surface area contributed by atoms with Crippen LogP contribution in [0.3, 0.4) is 0 Å². The Hall–Kier alpha value is -0.840. The number of amides is 1. The first-order chi connectivity index (χ1) is 8.94. The van der Waals surface area contributed by atoms with Crippen LogP contribution in [-0.4, -0.2) is 19.0 Å². The van der Waals surface area contributed by atoms with Crippen LogP contribution in [0.15, 0.2) is 12.1 Å². The highest BCUT2D eigenvalue weighted by molar-refractivity contribution is 6.42. The second kappa shape index (κ2) is 5.65. The number of piperidine rings is 1. The Morgan fingerprint density at radius 2 is 2.00 bits per heavy atom. The molecule has 0 aliphatic carbocycles. The zero-order valence-corrected chi connectivity index (χ0v) is 12.0. The standard InChI is InChI=1S/C13H15Cl2FN2O/c1-13(4-6-17-7-5-13)12(19)18-9-3-2-8(14)10(15)11(9)16/h2-3,17H,4-7H2,1H3,(H,18,19). The van der Waals surface area contributed by atoms with Crippen LogP contribution in [0.5, 0.6) is 0 Å². The molecule has 1 fully saturated rings. The molecular weight excluding hydrogens is 290 g/mol. The van der Waals surface area contributed by atoms with Crippen molar-refractivity contribution >= 4 is 34.8 Å². The van der Waals surface area contributed by atoms with E-state index in [9.17, 15) is 9.18 Å². The van der Waals surface area contributed by atoms with Gasteiger partial charge in [-0.3, -0.25) is 4.79 Å². The molecule has 0 aromatic heterocycles. The summed E-state index contributed by atoms with van der Waals surface area (Å²) >= 11 is 11.4. The van der Waals surface area contributed by atoms with Gasteiger partial charge < -0.3 is 10.6 Å². The first-order valence-electron chi connectivity index (χ1n) is 6.10. The predicted octanol–water partition coefficient (Wildman–Crippen LogP) is 3.46. The van der Waals surface area contributed by atoms with Crippen LogP contribution in [0.25, 0.3) is 0 Å². The molecule has 1 heterocycles. The molecule has 104 valence electrons. The van der Waals surface area contributed by atoms with Crippen LogP contribution >= 0.6 is 23.2 Å². The van der Waals surface area contributed by atoms with Gasteiger partial charge in [0.25, 0.3) is 0 Å². The summed E-state index contributed by atoms with van der Waals surface area (Å²) in [5.41, 5.74) is -0.414. The topological polar surface area (TPSA) is 41.1 Å². The second-order valence-electron chi connectivity index (χ2n) is 4.99. The quantitative estimate of drug-likeness (QED) is 0.822. The van der Waals surface area contributed by atoms with Crippen LogP contribution in [0.1, 0.15) is 19.8 Å². The Balaban J connectivity index is 2.17. The van der Waals surface area contributed by atoms with Crippen molar-refractivity contribution < 1.29 is 9.18 Å². The van der Waals surface area contributed by atoms with E-state index in [1.807, 2.05) is 6.92 Å². The van der Waals surface area contributed by atoms with Crippen molar-refractivity contribution in [1.82, 2.24) is 5.32 Å². The molecule has 3 nitrogen and oxygen atoms in total. The van der Waals surface area contributed by atoms with Gasteiger partial charge in [-0.2, -0.15) is 0 Å². The van der Waals surface area contributed by atoms with E-state index >= 15 is 0 Å². The summed E-state index contributed by atoms with van der Waals surface area (Å²) < 4.78 is 13.9. The number of hydrogen-bond acceptors (Lipinski definition) is 2. The molecule has 1 saturated heterocycles. The molecule has 1 amide bonds. The molecule has 0 radical (unpaired) electrons. The molecule has 1 aromatic rings. The van der Waals surface area contributed by atoms with Gasteiger partial charge in [-0.25, -0.2) is 4.39 Å². The minimum Gasteiger partial charge on any atom is -0.323 e. The van der Waals surface area contributed by atoms with Gasteiger partial charge in [-0.05, 0) is 38.1 Å². The van der Waals surface area contributed by atoms with E-state index in [0.29, 0.717) is 0 Å². The lowest BCUT2D eigenvalue weighted by Gasteiger charge is -2.32. The minimum absolute atomic E-state index is 0.0687. The van der Waals surface area contributed by atoms with Crippen molar-refractivity contribution in [3.63, 3.8) is 0 Å². The van der Waals surface area contributed by atoms with Gasteiger partial charge in [0.1, 0.15) is 0 Å². The molecule has 0 unspecified atom stereocenters. The predicted molar refractivity (Wildman–Crippen MR) is 75.3 cm³/mol. The van der Waals surface area contributed by atoms with E-state index in [2.05, 4.69) is 10.6 Å². The maximum Gasteiger partial charge on any atom is 0.230 e. The number of anilines is 1. The highest BCUT2D eigenvalue weighted by atomic mass is 35.5. The largest absolute Gasteiger partial charge is 0.323 e. The van der Waals surface area contributed by atoms with Crippen molar-refractivity contribution in [3.05, 3.63) is 28.0 Å². The van der Waals surface area contributed by atoms with Crippen LogP contribution in [0, 0.1) is 11.2 Å². The zero-order valence-electron chi connectivity index (χ0n) is 10.5. The number of carbonyl (C=O) groups excluding carboxylic acids is 1. The van der Waals surface area contributed by atoms with Crippen molar-refractivity contribution in [3.8, 4) is 0 Å². The first-order valence-corrected chi connectivity index (χ1v) is 6.85. The van der Waals surface area contributed by atoms with Crippen LogP contribution in [0.4, 0.5) is 10.1 Å². The molecule has 19 heavy (non-hydrogen) atoms.